The summed E-state index contributed by atoms with van der Waals surface area (Å²) in [6.45, 7) is 4.17. The number of methoxy groups -OCH3 is 2. The molecule has 0 radical (unpaired) electrons. The van der Waals surface area contributed by atoms with Crippen molar-refractivity contribution in [2.24, 2.45) is 0 Å². The maximum atomic E-state index is 5.12. The molecule has 0 unspecified atom stereocenters. The fourth-order valence-electron chi connectivity index (χ4n) is 1.82. The third-order valence-electron chi connectivity index (χ3n) is 3.42. The number of rotatable bonds is 4. The van der Waals surface area contributed by atoms with Gasteiger partial charge in [-0.25, -0.2) is 0 Å². The van der Waals surface area contributed by atoms with Crippen LogP contribution in [0.15, 0.2) is 36.4 Å². The maximum absolute atomic E-state index is 5.12. The lowest BCUT2D eigenvalue weighted by atomic mass is 10.1. The normalized spacial score (nSPS) is 8.92. The van der Waals surface area contributed by atoms with Gasteiger partial charge in [0.25, 0.3) is 0 Å². The predicted molar refractivity (Wildman–Crippen MR) is 114 cm³/mol. The van der Waals surface area contributed by atoms with Crippen LogP contribution in [-0.2, 0) is 10.7 Å². The van der Waals surface area contributed by atoms with E-state index in [2.05, 4.69) is 57.8 Å². The highest BCUT2D eigenvalue weighted by Gasteiger charge is 2.01. The highest BCUT2D eigenvalue weighted by atomic mass is 79.9. The summed E-state index contributed by atoms with van der Waals surface area (Å²) >= 11 is 6.87. The zero-order chi connectivity index (χ0) is 16.5. The van der Waals surface area contributed by atoms with Crippen molar-refractivity contribution in [2.75, 3.05) is 14.2 Å². The molecule has 2 nitrogen and oxygen atoms in total. The molecule has 0 N–H and O–H groups in total. The van der Waals surface area contributed by atoms with Gasteiger partial charge in [-0.05, 0) is 60.4 Å². The molecule has 0 saturated carbocycles. The van der Waals surface area contributed by atoms with Crippen LogP contribution in [0.2, 0.25) is 0 Å². The molecule has 0 aliphatic rings. The largest absolute Gasteiger partial charge is 0.497 e. The molecule has 0 fully saturated rings. The van der Waals surface area contributed by atoms with Crippen LogP contribution in [0.3, 0.4) is 0 Å². The van der Waals surface area contributed by atoms with Gasteiger partial charge in [-0.3, -0.25) is 0 Å². The number of hydrogen-bond donors (Lipinski definition) is 0. The van der Waals surface area contributed by atoms with E-state index in [1.807, 2.05) is 24.3 Å². The Morgan fingerprint density at radius 1 is 0.708 bits per heavy atom. The van der Waals surface area contributed by atoms with Crippen molar-refractivity contribution in [1.82, 2.24) is 0 Å². The Labute approximate surface area is 164 Å². The Balaban J connectivity index is 0. The molecule has 2 aromatic rings. The molecule has 0 heterocycles. The van der Waals surface area contributed by atoms with Gasteiger partial charge in [0.1, 0.15) is 11.5 Å². The van der Waals surface area contributed by atoms with Gasteiger partial charge in [0.2, 0.25) is 0 Å². The van der Waals surface area contributed by atoms with Crippen LogP contribution in [0.4, 0.5) is 0 Å². The van der Waals surface area contributed by atoms with E-state index in [0.717, 1.165) is 22.2 Å². The van der Waals surface area contributed by atoms with E-state index >= 15 is 0 Å². The molecule has 0 amide bonds. The second-order valence-electron chi connectivity index (χ2n) is 4.85. The Hall–Kier alpha value is -1.000. The SMILES string of the molecule is C.C.COc1ccc(C)c(C)c1.COc1ccc(CBr)c(CBr)c1. The molecule has 24 heavy (non-hydrogen) atoms. The zero-order valence-corrected chi connectivity index (χ0v) is 16.6. The summed E-state index contributed by atoms with van der Waals surface area (Å²) in [5.74, 6) is 1.84. The molecule has 0 aliphatic carbocycles. The van der Waals surface area contributed by atoms with Crippen LogP contribution in [-0.4, -0.2) is 14.2 Å². The Kier molecular flexibility index (Phi) is 14.0. The van der Waals surface area contributed by atoms with Crippen LogP contribution in [0.25, 0.3) is 0 Å². The molecule has 136 valence electrons. The van der Waals surface area contributed by atoms with Crippen molar-refractivity contribution >= 4 is 31.9 Å². The minimum Gasteiger partial charge on any atom is -0.497 e. The van der Waals surface area contributed by atoms with Crippen molar-refractivity contribution < 1.29 is 9.47 Å². The fourth-order valence-corrected chi connectivity index (χ4v) is 2.89. The maximum Gasteiger partial charge on any atom is 0.119 e. The monoisotopic (exact) mass is 460 g/mol. The molecule has 4 heteroatoms. The number of aryl methyl sites for hydroxylation is 2. The molecular weight excluding hydrogens is 432 g/mol. The summed E-state index contributed by atoms with van der Waals surface area (Å²) in [6.07, 6.45) is 0. The highest BCUT2D eigenvalue weighted by molar-refractivity contribution is 9.09. The lowest BCUT2D eigenvalue weighted by molar-refractivity contribution is 0.414. The minimum absolute atomic E-state index is 0. The first-order valence-electron chi connectivity index (χ1n) is 6.94. The van der Waals surface area contributed by atoms with Gasteiger partial charge in [0.15, 0.2) is 0 Å². The zero-order valence-electron chi connectivity index (χ0n) is 13.5. The van der Waals surface area contributed by atoms with Gasteiger partial charge in [-0.2, -0.15) is 0 Å². The van der Waals surface area contributed by atoms with E-state index in [1.165, 1.54) is 22.3 Å². The van der Waals surface area contributed by atoms with E-state index in [9.17, 15) is 0 Å². The first kappa shape index (κ1) is 25.2. The second-order valence-corrected chi connectivity index (χ2v) is 5.97. The lowest BCUT2D eigenvalue weighted by Gasteiger charge is -2.06. The first-order chi connectivity index (χ1) is 10.5. The topological polar surface area (TPSA) is 18.5 Å². The summed E-state index contributed by atoms with van der Waals surface area (Å²) in [5.41, 5.74) is 5.15. The summed E-state index contributed by atoms with van der Waals surface area (Å²) in [6, 6.07) is 12.2. The number of hydrogen-bond acceptors (Lipinski definition) is 2. The standard InChI is InChI=1S/C9H10Br2O.C9H12O.2CH4/c1-12-9-3-2-7(5-10)8(4-9)6-11;1-7-4-5-9(10-3)6-8(7)2;;/h2-4H,5-6H2,1H3;4-6H,1-3H3;2*1H4. The molecule has 0 saturated heterocycles. The fraction of sp³-hybridized carbons (Fsp3) is 0.400. The third kappa shape index (κ3) is 7.71. The Morgan fingerprint density at radius 3 is 1.67 bits per heavy atom. The number of halogens is 2. The van der Waals surface area contributed by atoms with E-state index in [-0.39, 0.29) is 14.9 Å². The van der Waals surface area contributed by atoms with Crippen molar-refractivity contribution in [3.63, 3.8) is 0 Å². The summed E-state index contributed by atoms with van der Waals surface area (Å²) in [4.78, 5) is 0. The molecule has 0 bridgehead atoms. The molecule has 0 aliphatic heterocycles. The van der Waals surface area contributed by atoms with Gasteiger partial charge < -0.3 is 9.47 Å². The average molecular weight is 462 g/mol. The van der Waals surface area contributed by atoms with Crippen LogP contribution in [0.1, 0.15) is 37.1 Å². The predicted octanol–water partition coefficient (Wildman–Crippen LogP) is 7.07. The summed E-state index contributed by atoms with van der Waals surface area (Å²) < 4.78 is 10.2. The van der Waals surface area contributed by atoms with Gasteiger partial charge in [-0.1, -0.05) is 58.8 Å². The third-order valence-corrected chi connectivity index (χ3v) is 4.62. The number of ether oxygens (including phenoxy) is 2. The number of alkyl halides is 2. The molecule has 0 spiro atoms. The quantitative estimate of drug-likeness (QED) is 0.453. The minimum atomic E-state index is 0. The van der Waals surface area contributed by atoms with Crippen LogP contribution >= 0.6 is 31.9 Å². The van der Waals surface area contributed by atoms with E-state index in [0.29, 0.717) is 0 Å². The van der Waals surface area contributed by atoms with Crippen LogP contribution < -0.4 is 9.47 Å². The first-order valence-corrected chi connectivity index (χ1v) is 9.19. The van der Waals surface area contributed by atoms with Gasteiger partial charge in [0, 0.05) is 10.7 Å². The summed E-state index contributed by atoms with van der Waals surface area (Å²) in [5, 5.41) is 1.75. The van der Waals surface area contributed by atoms with Gasteiger partial charge >= 0.3 is 0 Å². The van der Waals surface area contributed by atoms with Crippen molar-refractivity contribution in [2.45, 2.75) is 39.4 Å². The number of benzene rings is 2. The molecule has 2 aromatic carbocycles. The molecule has 0 atom stereocenters. The van der Waals surface area contributed by atoms with Crippen LogP contribution in [0.5, 0.6) is 11.5 Å². The molecule has 0 aromatic heterocycles. The smallest absolute Gasteiger partial charge is 0.119 e. The van der Waals surface area contributed by atoms with Gasteiger partial charge in [-0.15, -0.1) is 0 Å². The van der Waals surface area contributed by atoms with Gasteiger partial charge in [0.05, 0.1) is 14.2 Å². The molecular formula is C20H30Br2O2. The van der Waals surface area contributed by atoms with E-state index < -0.39 is 0 Å². The van der Waals surface area contributed by atoms with Crippen molar-refractivity contribution in [3.05, 3.63) is 58.7 Å². The van der Waals surface area contributed by atoms with E-state index in [4.69, 9.17) is 9.47 Å². The summed E-state index contributed by atoms with van der Waals surface area (Å²) in [7, 11) is 3.37. The Bertz CT molecular complexity index is 598. The van der Waals surface area contributed by atoms with Crippen molar-refractivity contribution in [3.8, 4) is 11.5 Å². The van der Waals surface area contributed by atoms with Crippen LogP contribution in [0, 0.1) is 13.8 Å². The highest BCUT2D eigenvalue weighted by Crippen LogP contribution is 2.21. The Morgan fingerprint density at radius 2 is 1.21 bits per heavy atom. The average Bonchev–Trinajstić information content (AvgIpc) is 2.57. The van der Waals surface area contributed by atoms with E-state index in [1.54, 1.807) is 14.2 Å². The lowest BCUT2D eigenvalue weighted by Crippen LogP contribution is -1.90. The second kappa shape index (κ2) is 13.3. The molecule has 2 rings (SSSR count). The van der Waals surface area contributed by atoms with Crippen molar-refractivity contribution in [1.29, 1.82) is 0 Å².